The van der Waals surface area contributed by atoms with Crippen LogP contribution in [0, 0.1) is 5.82 Å². The van der Waals surface area contributed by atoms with E-state index in [0.29, 0.717) is 17.2 Å². The molecule has 0 saturated carbocycles. The predicted octanol–water partition coefficient (Wildman–Crippen LogP) is 3.31. The molecule has 2 aromatic carbocycles. The highest BCUT2D eigenvalue weighted by Gasteiger charge is 2.15. The monoisotopic (exact) mass is 353 g/mol. The topological polar surface area (TPSA) is 56.8 Å². The Bertz CT molecular complexity index is 703. The summed E-state index contributed by atoms with van der Waals surface area (Å²) in [5, 5.41) is 2.61. The molecular formula is C17H17ClFNO4. The Labute approximate surface area is 144 Å². The van der Waals surface area contributed by atoms with Crippen molar-refractivity contribution in [3.05, 3.63) is 52.8 Å². The van der Waals surface area contributed by atoms with E-state index in [1.165, 1.54) is 32.4 Å². The molecule has 128 valence electrons. The highest BCUT2D eigenvalue weighted by atomic mass is 35.5. The first kappa shape index (κ1) is 17.9. The second-order valence-electron chi connectivity index (χ2n) is 4.69. The summed E-state index contributed by atoms with van der Waals surface area (Å²) in [6, 6.07) is 9.29. The van der Waals surface area contributed by atoms with Gasteiger partial charge in [-0.3, -0.25) is 4.79 Å². The molecule has 1 N–H and O–H groups in total. The molecule has 2 aromatic rings. The number of amides is 1. The van der Waals surface area contributed by atoms with E-state index in [4.69, 9.17) is 25.8 Å². The van der Waals surface area contributed by atoms with Crippen LogP contribution in [-0.4, -0.2) is 33.3 Å². The van der Waals surface area contributed by atoms with Crippen LogP contribution in [-0.2, 0) is 0 Å². The zero-order valence-electron chi connectivity index (χ0n) is 13.3. The summed E-state index contributed by atoms with van der Waals surface area (Å²) in [5.74, 6) is 0.213. The fourth-order valence-electron chi connectivity index (χ4n) is 2.10. The molecule has 5 nitrogen and oxygen atoms in total. The van der Waals surface area contributed by atoms with Crippen molar-refractivity contribution in [1.82, 2.24) is 5.32 Å². The number of ether oxygens (including phenoxy) is 3. The molecule has 0 atom stereocenters. The first-order chi connectivity index (χ1) is 11.6. The molecule has 0 radical (unpaired) electrons. The number of carbonyl (C=O) groups is 1. The quantitative estimate of drug-likeness (QED) is 0.776. The number of rotatable bonds is 7. The van der Waals surface area contributed by atoms with Crippen molar-refractivity contribution in [3.8, 4) is 17.2 Å². The summed E-state index contributed by atoms with van der Waals surface area (Å²) in [4.78, 5) is 12.0. The first-order valence-electron chi connectivity index (χ1n) is 7.14. The molecule has 0 aliphatic carbocycles. The molecule has 0 fully saturated rings. The van der Waals surface area contributed by atoms with Crippen molar-refractivity contribution < 1.29 is 23.4 Å². The van der Waals surface area contributed by atoms with E-state index >= 15 is 0 Å². The molecule has 0 aliphatic rings. The molecular weight excluding hydrogens is 337 g/mol. The Kier molecular flexibility index (Phi) is 6.26. The van der Waals surface area contributed by atoms with Crippen LogP contribution in [0.4, 0.5) is 4.39 Å². The lowest BCUT2D eigenvalue weighted by Gasteiger charge is -2.14. The highest BCUT2D eigenvalue weighted by Crippen LogP contribution is 2.36. The zero-order valence-corrected chi connectivity index (χ0v) is 14.0. The van der Waals surface area contributed by atoms with Crippen LogP contribution in [0.15, 0.2) is 36.4 Å². The molecule has 0 aromatic heterocycles. The summed E-state index contributed by atoms with van der Waals surface area (Å²) >= 11 is 5.84. The summed E-state index contributed by atoms with van der Waals surface area (Å²) in [7, 11) is 3.03. The molecule has 0 aliphatic heterocycles. The van der Waals surface area contributed by atoms with Crippen LogP contribution >= 0.6 is 11.6 Å². The van der Waals surface area contributed by atoms with Crippen LogP contribution in [0.1, 0.15) is 10.4 Å². The van der Waals surface area contributed by atoms with Gasteiger partial charge in [-0.25, -0.2) is 4.39 Å². The largest absolute Gasteiger partial charge is 0.493 e. The minimum Gasteiger partial charge on any atom is -0.493 e. The van der Waals surface area contributed by atoms with Gasteiger partial charge < -0.3 is 19.5 Å². The van der Waals surface area contributed by atoms with Gasteiger partial charge in [0.2, 0.25) is 5.75 Å². The maximum Gasteiger partial charge on any atom is 0.255 e. The van der Waals surface area contributed by atoms with E-state index in [9.17, 15) is 9.18 Å². The number of benzene rings is 2. The Morgan fingerprint density at radius 3 is 2.50 bits per heavy atom. The number of hydrogen-bond acceptors (Lipinski definition) is 4. The maximum atomic E-state index is 13.7. The lowest BCUT2D eigenvalue weighted by molar-refractivity contribution is 0.0943. The Morgan fingerprint density at radius 2 is 1.83 bits per heavy atom. The number of halogens is 2. The van der Waals surface area contributed by atoms with Gasteiger partial charge >= 0.3 is 0 Å². The number of hydrogen-bond donors (Lipinski definition) is 1. The molecule has 0 unspecified atom stereocenters. The molecule has 0 bridgehead atoms. The van der Waals surface area contributed by atoms with E-state index in [2.05, 4.69) is 5.32 Å². The second-order valence-corrected chi connectivity index (χ2v) is 5.10. The van der Waals surface area contributed by atoms with Crippen LogP contribution < -0.4 is 19.5 Å². The van der Waals surface area contributed by atoms with Crippen LogP contribution in [0.2, 0.25) is 5.02 Å². The van der Waals surface area contributed by atoms with Gasteiger partial charge in [-0.2, -0.15) is 0 Å². The van der Waals surface area contributed by atoms with Gasteiger partial charge in [0.15, 0.2) is 11.5 Å². The number of nitrogens with one attached hydrogen (secondary N) is 1. The van der Waals surface area contributed by atoms with Gasteiger partial charge in [-0.1, -0.05) is 23.7 Å². The van der Waals surface area contributed by atoms with Gasteiger partial charge in [0.1, 0.15) is 12.4 Å². The van der Waals surface area contributed by atoms with Crippen molar-refractivity contribution in [1.29, 1.82) is 0 Å². The smallest absolute Gasteiger partial charge is 0.255 e. The normalized spacial score (nSPS) is 10.2. The third-order valence-electron chi connectivity index (χ3n) is 3.20. The summed E-state index contributed by atoms with van der Waals surface area (Å²) in [6.07, 6.45) is 0. The predicted molar refractivity (Wildman–Crippen MR) is 88.8 cm³/mol. The maximum absolute atomic E-state index is 13.7. The molecule has 24 heavy (non-hydrogen) atoms. The van der Waals surface area contributed by atoms with Gasteiger partial charge in [-0.05, 0) is 24.3 Å². The van der Waals surface area contributed by atoms with Gasteiger partial charge in [0.25, 0.3) is 5.91 Å². The third kappa shape index (κ3) is 4.08. The molecule has 1 amide bonds. The first-order valence-corrected chi connectivity index (χ1v) is 7.52. The minimum atomic E-state index is -0.671. The summed E-state index contributed by atoms with van der Waals surface area (Å²) in [6.45, 7) is 0.338. The van der Waals surface area contributed by atoms with E-state index in [1.54, 1.807) is 18.2 Å². The van der Waals surface area contributed by atoms with E-state index in [0.717, 1.165) is 0 Å². The van der Waals surface area contributed by atoms with Gasteiger partial charge in [-0.15, -0.1) is 0 Å². The number of methoxy groups -OCH3 is 2. The van der Waals surface area contributed by atoms with Crippen molar-refractivity contribution >= 4 is 17.5 Å². The molecule has 0 spiro atoms. The average Bonchev–Trinajstić information content (AvgIpc) is 2.58. The zero-order chi connectivity index (χ0) is 17.5. The van der Waals surface area contributed by atoms with E-state index in [1.807, 2.05) is 0 Å². The summed E-state index contributed by atoms with van der Waals surface area (Å²) in [5.41, 5.74) is -0.182. The van der Waals surface area contributed by atoms with Crippen molar-refractivity contribution in [2.45, 2.75) is 0 Å². The van der Waals surface area contributed by atoms with E-state index in [-0.39, 0.29) is 23.7 Å². The van der Waals surface area contributed by atoms with Crippen LogP contribution in [0.25, 0.3) is 0 Å². The standard InChI is InChI=1S/C17H17ClFNO4/c1-22-13-7-4-8-14(16(13)23-2)24-10-9-20-17(21)15-11(18)5-3-6-12(15)19/h3-8H,9-10H2,1-2H3,(H,20,21). The average molecular weight is 354 g/mol. The lowest BCUT2D eigenvalue weighted by atomic mass is 10.2. The minimum absolute atomic E-state index is 0.0582. The fourth-order valence-corrected chi connectivity index (χ4v) is 2.35. The van der Waals surface area contributed by atoms with Gasteiger partial charge in [0, 0.05) is 0 Å². The van der Waals surface area contributed by atoms with Crippen LogP contribution in [0.5, 0.6) is 17.2 Å². The highest BCUT2D eigenvalue weighted by molar-refractivity contribution is 6.33. The number of para-hydroxylation sites is 1. The Hall–Kier alpha value is -2.47. The summed E-state index contributed by atoms with van der Waals surface area (Å²) < 4.78 is 29.6. The molecule has 2 rings (SSSR count). The fraction of sp³-hybridized carbons (Fsp3) is 0.235. The Balaban J connectivity index is 1.93. The Morgan fingerprint density at radius 1 is 1.12 bits per heavy atom. The van der Waals surface area contributed by atoms with Crippen molar-refractivity contribution in [2.24, 2.45) is 0 Å². The second kappa shape index (κ2) is 8.40. The van der Waals surface area contributed by atoms with Crippen molar-refractivity contribution in [3.63, 3.8) is 0 Å². The number of carbonyl (C=O) groups excluding carboxylic acids is 1. The molecule has 0 saturated heterocycles. The molecule has 7 heteroatoms. The van der Waals surface area contributed by atoms with Crippen molar-refractivity contribution in [2.75, 3.05) is 27.4 Å². The van der Waals surface area contributed by atoms with E-state index < -0.39 is 11.7 Å². The molecule has 0 heterocycles. The SMILES string of the molecule is COc1cccc(OCCNC(=O)c2c(F)cccc2Cl)c1OC. The van der Waals surface area contributed by atoms with Crippen LogP contribution in [0.3, 0.4) is 0 Å². The van der Waals surface area contributed by atoms with Gasteiger partial charge in [0.05, 0.1) is 31.4 Å². The third-order valence-corrected chi connectivity index (χ3v) is 3.52. The lowest BCUT2D eigenvalue weighted by Crippen LogP contribution is -2.29.